The van der Waals surface area contributed by atoms with Gasteiger partial charge in [0.1, 0.15) is 18.6 Å². The number of benzene rings is 1. The summed E-state index contributed by atoms with van der Waals surface area (Å²) in [5.74, 6) is 0.214. The maximum Gasteiger partial charge on any atom is 0.328 e. The first-order chi connectivity index (χ1) is 12.0. The van der Waals surface area contributed by atoms with Crippen molar-refractivity contribution in [1.82, 2.24) is 10.2 Å². The van der Waals surface area contributed by atoms with Crippen molar-refractivity contribution in [3.8, 4) is 5.75 Å². The molecule has 1 aromatic rings. The Morgan fingerprint density at radius 2 is 1.84 bits per heavy atom. The number of methoxy groups -OCH3 is 3. The zero-order chi connectivity index (χ0) is 18.7. The van der Waals surface area contributed by atoms with Gasteiger partial charge in [0.15, 0.2) is 0 Å². The molecule has 0 aromatic heterocycles. The monoisotopic (exact) mass is 354 g/mol. The van der Waals surface area contributed by atoms with Crippen molar-refractivity contribution in [3.05, 3.63) is 29.8 Å². The van der Waals surface area contributed by atoms with Gasteiger partial charge in [-0.15, -0.1) is 0 Å². The Kier molecular flexibility index (Phi) is 9.34. The van der Waals surface area contributed by atoms with Gasteiger partial charge in [0.25, 0.3) is 0 Å². The highest BCUT2D eigenvalue weighted by molar-refractivity contribution is 5.83. The quantitative estimate of drug-likeness (QED) is 0.384. The normalized spacial score (nSPS) is 11.5. The lowest BCUT2D eigenvalue weighted by Gasteiger charge is -2.22. The van der Waals surface area contributed by atoms with Gasteiger partial charge in [0.2, 0.25) is 0 Å². The number of hydrogen-bond acceptors (Lipinski definition) is 6. The van der Waals surface area contributed by atoms with Crippen LogP contribution in [0.4, 0.5) is 4.79 Å². The molecule has 1 atom stereocenters. The van der Waals surface area contributed by atoms with Crippen LogP contribution >= 0.6 is 0 Å². The fraction of sp³-hybridized carbons (Fsp3) is 0.529. The Morgan fingerprint density at radius 1 is 1.16 bits per heavy atom. The number of likely N-dealkylation sites (N-methyl/N-ethyl adjacent to an activating group) is 1. The van der Waals surface area contributed by atoms with Gasteiger partial charge in [0.05, 0.1) is 20.8 Å². The van der Waals surface area contributed by atoms with Crippen LogP contribution in [0.2, 0.25) is 0 Å². The topological polar surface area (TPSA) is 86.3 Å². The summed E-state index contributed by atoms with van der Waals surface area (Å²) in [6.07, 6.45) is 0.316. The fourth-order valence-electron chi connectivity index (χ4n) is 2.04. The van der Waals surface area contributed by atoms with Crippen molar-refractivity contribution in [2.24, 2.45) is 0 Å². The van der Waals surface area contributed by atoms with E-state index < -0.39 is 12.0 Å². The van der Waals surface area contributed by atoms with Gasteiger partial charge >= 0.3 is 12.0 Å². The molecule has 0 bridgehead atoms. The second-order valence-corrected chi connectivity index (χ2v) is 5.31. The highest BCUT2D eigenvalue weighted by Crippen LogP contribution is 2.13. The first kappa shape index (κ1) is 20.7. The predicted molar refractivity (Wildman–Crippen MR) is 91.5 cm³/mol. The average Bonchev–Trinajstić information content (AvgIpc) is 2.64. The third-order valence-electron chi connectivity index (χ3n) is 3.50. The van der Waals surface area contributed by atoms with E-state index in [0.29, 0.717) is 19.6 Å². The van der Waals surface area contributed by atoms with Crippen molar-refractivity contribution in [3.63, 3.8) is 0 Å². The van der Waals surface area contributed by atoms with Crippen LogP contribution in [-0.4, -0.2) is 71.3 Å². The van der Waals surface area contributed by atoms with Gasteiger partial charge in [-0.25, -0.2) is 9.59 Å². The molecule has 2 amide bonds. The molecule has 1 N–H and O–H groups in total. The number of nitrogens with zero attached hydrogens (tertiary/aromatic N) is 1. The maximum absolute atomic E-state index is 12.2. The average molecular weight is 354 g/mol. The van der Waals surface area contributed by atoms with Crippen LogP contribution in [-0.2, 0) is 25.4 Å². The number of esters is 1. The molecule has 0 heterocycles. The smallest absolute Gasteiger partial charge is 0.328 e. The van der Waals surface area contributed by atoms with E-state index in [4.69, 9.17) is 18.9 Å². The number of amides is 2. The van der Waals surface area contributed by atoms with Gasteiger partial charge in [-0.2, -0.15) is 0 Å². The molecule has 0 spiro atoms. The minimum atomic E-state index is -0.784. The summed E-state index contributed by atoms with van der Waals surface area (Å²) in [5, 5.41) is 2.68. The van der Waals surface area contributed by atoms with Gasteiger partial charge in [-0.3, -0.25) is 0 Å². The van der Waals surface area contributed by atoms with Crippen LogP contribution in [0, 0.1) is 0 Å². The maximum atomic E-state index is 12.2. The number of nitrogens with one attached hydrogen (secondary N) is 1. The SMILES string of the molecule is COCOCCN(C)C(=O)N[C@@H](Cc1ccc(OC)cc1)C(=O)OC. The van der Waals surface area contributed by atoms with Crippen LogP contribution in [0.15, 0.2) is 24.3 Å². The summed E-state index contributed by atoms with van der Waals surface area (Å²) in [6, 6.07) is 6.10. The number of ether oxygens (including phenoxy) is 4. The number of carbonyl (C=O) groups is 2. The molecule has 0 radical (unpaired) electrons. The number of hydrogen-bond donors (Lipinski definition) is 1. The third-order valence-corrected chi connectivity index (χ3v) is 3.50. The lowest BCUT2D eigenvalue weighted by molar-refractivity contribution is -0.142. The van der Waals surface area contributed by atoms with E-state index in [2.05, 4.69) is 5.32 Å². The van der Waals surface area contributed by atoms with E-state index in [9.17, 15) is 9.59 Å². The van der Waals surface area contributed by atoms with Crippen LogP contribution in [0.1, 0.15) is 5.56 Å². The summed E-state index contributed by atoms with van der Waals surface area (Å²) in [5.41, 5.74) is 0.877. The molecule has 0 fully saturated rings. The van der Waals surface area contributed by atoms with Gasteiger partial charge in [0, 0.05) is 27.1 Å². The van der Waals surface area contributed by atoms with Crippen molar-refractivity contribution in [1.29, 1.82) is 0 Å². The van der Waals surface area contributed by atoms with E-state index in [1.807, 2.05) is 12.1 Å². The van der Waals surface area contributed by atoms with Crippen molar-refractivity contribution in [2.75, 3.05) is 48.3 Å². The zero-order valence-electron chi connectivity index (χ0n) is 15.1. The van der Waals surface area contributed by atoms with E-state index in [0.717, 1.165) is 11.3 Å². The molecule has 25 heavy (non-hydrogen) atoms. The summed E-state index contributed by atoms with van der Waals surface area (Å²) >= 11 is 0. The van der Waals surface area contributed by atoms with E-state index in [1.165, 1.54) is 19.1 Å². The van der Waals surface area contributed by atoms with E-state index in [-0.39, 0.29) is 12.8 Å². The van der Waals surface area contributed by atoms with Crippen molar-refractivity contribution in [2.45, 2.75) is 12.5 Å². The first-order valence-corrected chi connectivity index (χ1v) is 7.80. The first-order valence-electron chi connectivity index (χ1n) is 7.80. The zero-order valence-corrected chi connectivity index (χ0v) is 15.1. The summed E-state index contributed by atoms with van der Waals surface area (Å²) < 4.78 is 19.8. The van der Waals surface area contributed by atoms with Crippen LogP contribution in [0.3, 0.4) is 0 Å². The Balaban J connectivity index is 2.62. The molecular weight excluding hydrogens is 328 g/mol. The highest BCUT2D eigenvalue weighted by atomic mass is 16.7. The van der Waals surface area contributed by atoms with Gasteiger partial charge in [-0.05, 0) is 17.7 Å². The van der Waals surface area contributed by atoms with E-state index in [1.54, 1.807) is 26.3 Å². The summed E-state index contributed by atoms with van der Waals surface area (Å²) in [6.45, 7) is 0.864. The second-order valence-electron chi connectivity index (χ2n) is 5.31. The molecule has 1 aromatic carbocycles. The van der Waals surface area contributed by atoms with Crippen molar-refractivity contribution < 1.29 is 28.5 Å². The molecule has 8 nitrogen and oxygen atoms in total. The number of urea groups is 1. The lowest BCUT2D eigenvalue weighted by Crippen LogP contribution is -2.48. The summed E-state index contributed by atoms with van der Waals surface area (Å²) in [4.78, 5) is 25.6. The lowest BCUT2D eigenvalue weighted by atomic mass is 10.1. The standard InChI is InChI=1S/C17H26N2O6/c1-19(9-10-25-12-22-2)17(21)18-15(16(20)24-4)11-13-5-7-14(23-3)8-6-13/h5-8,15H,9-12H2,1-4H3,(H,18,21)/t15-/m0/s1. The van der Waals surface area contributed by atoms with Crippen molar-refractivity contribution >= 4 is 12.0 Å². The van der Waals surface area contributed by atoms with Gasteiger partial charge in [-0.1, -0.05) is 12.1 Å². The molecule has 8 heteroatoms. The third kappa shape index (κ3) is 7.40. The second kappa shape index (κ2) is 11.3. The molecule has 0 aliphatic rings. The predicted octanol–water partition coefficient (Wildman–Crippen LogP) is 1.04. The largest absolute Gasteiger partial charge is 0.497 e. The molecule has 0 saturated heterocycles. The fourth-order valence-corrected chi connectivity index (χ4v) is 2.04. The molecule has 1 rings (SSSR count). The van der Waals surface area contributed by atoms with Crippen LogP contribution in [0.25, 0.3) is 0 Å². The summed E-state index contributed by atoms with van der Waals surface area (Å²) in [7, 11) is 6.01. The molecule has 0 aliphatic heterocycles. The highest BCUT2D eigenvalue weighted by Gasteiger charge is 2.23. The van der Waals surface area contributed by atoms with Crippen LogP contribution < -0.4 is 10.1 Å². The van der Waals surface area contributed by atoms with Crippen LogP contribution in [0.5, 0.6) is 5.75 Å². The Hall–Kier alpha value is -2.32. The Morgan fingerprint density at radius 3 is 2.40 bits per heavy atom. The minimum Gasteiger partial charge on any atom is -0.497 e. The molecule has 0 saturated carbocycles. The number of carbonyl (C=O) groups excluding carboxylic acids is 2. The number of rotatable bonds is 10. The molecule has 0 unspecified atom stereocenters. The van der Waals surface area contributed by atoms with E-state index >= 15 is 0 Å². The minimum absolute atomic E-state index is 0.164. The van der Waals surface area contributed by atoms with Gasteiger partial charge < -0.3 is 29.2 Å². The molecule has 140 valence electrons. The Labute approximate surface area is 148 Å². The molecular formula is C17H26N2O6. The Bertz CT molecular complexity index is 534. The molecule has 0 aliphatic carbocycles.